The molecular weight excluding hydrogens is 531 g/mol. The maximum atomic E-state index is 13.3. The SMILES string of the molecule is C=C.C=C(Nc1ccc(CN/C(=C/Cc2ccccc2C)n2ncc(SF)c2C)cc1)C1CC(=O)c2ccccc21. The van der Waals surface area contributed by atoms with Crippen LogP contribution in [-0.2, 0) is 13.0 Å². The molecular formula is C34H35FN4OS. The number of Topliss-reactive ketones (excluding diaryl/α,β-unsaturated/α-hetero) is 1. The molecule has 1 heterocycles. The summed E-state index contributed by atoms with van der Waals surface area (Å²) in [6.45, 7) is 14.8. The number of rotatable bonds is 10. The molecule has 0 spiro atoms. The highest BCUT2D eigenvalue weighted by atomic mass is 32.2. The van der Waals surface area contributed by atoms with Gasteiger partial charge in [0.15, 0.2) is 5.78 Å². The lowest BCUT2D eigenvalue weighted by molar-refractivity contribution is 0.0991. The maximum Gasteiger partial charge on any atom is 0.164 e. The summed E-state index contributed by atoms with van der Waals surface area (Å²) < 4.78 is 15.1. The first-order valence-corrected chi connectivity index (χ1v) is 14.1. The predicted octanol–water partition coefficient (Wildman–Crippen LogP) is 8.41. The maximum absolute atomic E-state index is 13.3. The highest BCUT2D eigenvalue weighted by Crippen LogP contribution is 2.37. The Balaban J connectivity index is 0.00000189. The molecule has 0 fully saturated rings. The average molecular weight is 567 g/mol. The van der Waals surface area contributed by atoms with E-state index in [9.17, 15) is 8.68 Å². The third kappa shape index (κ3) is 6.87. The minimum atomic E-state index is -0.0272. The predicted molar refractivity (Wildman–Crippen MR) is 169 cm³/mol. The van der Waals surface area contributed by atoms with Crippen molar-refractivity contribution in [2.75, 3.05) is 5.32 Å². The number of nitrogens with zero attached hydrogens (tertiary/aromatic N) is 2. The molecule has 1 aliphatic carbocycles. The van der Waals surface area contributed by atoms with Gasteiger partial charge in [-0.25, -0.2) is 4.68 Å². The highest BCUT2D eigenvalue weighted by molar-refractivity contribution is 7.94. The number of hydrogen-bond acceptors (Lipinski definition) is 5. The molecule has 41 heavy (non-hydrogen) atoms. The molecule has 5 nitrogen and oxygen atoms in total. The van der Waals surface area contributed by atoms with Crippen molar-refractivity contribution in [1.29, 1.82) is 0 Å². The van der Waals surface area contributed by atoms with Gasteiger partial charge in [0.2, 0.25) is 0 Å². The summed E-state index contributed by atoms with van der Waals surface area (Å²) in [6.07, 6.45) is 4.81. The average Bonchev–Trinajstić information content (AvgIpc) is 3.55. The molecule has 0 saturated carbocycles. The normalized spacial score (nSPS) is 14.2. The number of anilines is 1. The standard InChI is InChI=1S/C32H31FN4OS.C2H4/c1-21-8-4-5-9-25(21)14-17-32(37-23(3)31(39-33)20-35-37)34-19-24-12-15-26(16-13-24)36-22(2)29-18-30(38)28-11-7-6-10-27(28)29;1-2/h4-13,15-17,20,29,34,36H,2,14,18-19H2,1,3H3;1-2H2/b32-17-;. The lowest BCUT2D eigenvalue weighted by atomic mass is 9.98. The molecule has 5 rings (SSSR count). The highest BCUT2D eigenvalue weighted by Gasteiger charge is 2.30. The van der Waals surface area contributed by atoms with E-state index in [1.807, 2.05) is 67.6 Å². The molecule has 1 atom stereocenters. The fourth-order valence-electron chi connectivity index (χ4n) is 4.93. The van der Waals surface area contributed by atoms with Crippen LogP contribution in [0.15, 0.2) is 115 Å². The molecule has 1 unspecified atom stereocenters. The number of allylic oxidation sites excluding steroid dienone is 2. The Bertz CT molecular complexity index is 1560. The van der Waals surface area contributed by atoms with Gasteiger partial charge >= 0.3 is 0 Å². The lowest BCUT2D eigenvalue weighted by Crippen LogP contribution is -2.19. The largest absolute Gasteiger partial charge is 0.366 e. The summed E-state index contributed by atoms with van der Waals surface area (Å²) in [5.41, 5.74) is 7.84. The van der Waals surface area contributed by atoms with Gasteiger partial charge in [0, 0.05) is 35.8 Å². The number of nitrogens with one attached hydrogen (secondary N) is 2. The Hall–Kier alpha value is -4.36. The van der Waals surface area contributed by atoms with E-state index in [1.165, 1.54) is 11.1 Å². The van der Waals surface area contributed by atoms with Gasteiger partial charge in [0.25, 0.3) is 0 Å². The molecule has 1 aromatic heterocycles. The van der Waals surface area contributed by atoms with Crippen LogP contribution < -0.4 is 10.6 Å². The summed E-state index contributed by atoms with van der Waals surface area (Å²) in [6, 6.07) is 24.2. The zero-order valence-corrected chi connectivity index (χ0v) is 24.3. The second-order valence-electron chi connectivity index (χ2n) is 9.77. The van der Waals surface area contributed by atoms with Crippen LogP contribution in [0.1, 0.15) is 50.6 Å². The van der Waals surface area contributed by atoms with Gasteiger partial charge in [-0.1, -0.05) is 67.2 Å². The summed E-state index contributed by atoms with van der Waals surface area (Å²) in [5, 5.41) is 11.3. The van der Waals surface area contributed by atoms with Crippen LogP contribution in [-0.4, -0.2) is 15.6 Å². The number of carbonyl (C=O) groups excluding carboxylic acids is 1. The smallest absolute Gasteiger partial charge is 0.164 e. The third-order valence-electron chi connectivity index (χ3n) is 7.23. The molecule has 0 aliphatic heterocycles. The molecule has 0 amide bonds. The van der Waals surface area contributed by atoms with Crippen molar-refractivity contribution in [3.05, 3.63) is 144 Å². The van der Waals surface area contributed by atoms with E-state index < -0.39 is 0 Å². The van der Waals surface area contributed by atoms with E-state index in [4.69, 9.17) is 0 Å². The first-order chi connectivity index (χ1) is 19.9. The Kier molecular flexibility index (Phi) is 9.98. The zero-order valence-electron chi connectivity index (χ0n) is 23.5. The van der Waals surface area contributed by atoms with Crippen LogP contribution in [0.4, 0.5) is 9.57 Å². The van der Waals surface area contributed by atoms with Crippen LogP contribution in [0.25, 0.3) is 5.82 Å². The van der Waals surface area contributed by atoms with E-state index in [2.05, 4.69) is 60.6 Å². The minimum absolute atomic E-state index is 0.0272. The fourth-order valence-corrected chi connectivity index (χ4v) is 5.22. The summed E-state index contributed by atoms with van der Waals surface area (Å²) in [5.74, 6) is 0.938. The van der Waals surface area contributed by atoms with E-state index in [0.717, 1.165) is 46.0 Å². The molecule has 4 aromatic rings. The molecule has 2 N–H and O–H groups in total. The Morgan fingerprint density at radius 1 is 1.07 bits per heavy atom. The van der Waals surface area contributed by atoms with Gasteiger partial charge in [0.1, 0.15) is 5.82 Å². The Morgan fingerprint density at radius 3 is 2.49 bits per heavy atom. The number of fused-ring (bicyclic) bond motifs is 1. The summed E-state index contributed by atoms with van der Waals surface area (Å²) in [7, 11) is 0. The first kappa shape index (κ1) is 29.6. The minimum Gasteiger partial charge on any atom is -0.366 e. The second-order valence-corrected chi connectivity index (χ2v) is 10.4. The number of benzene rings is 3. The molecule has 210 valence electrons. The van der Waals surface area contributed by atoms with Crippen molar-refractivity contribution in [2.45, 2.75) is 44.0 Å². The number of aryl methyl sites for hydroxylation is 1. The topological polar surface area (TPSA) is 58.9 Å². The fraction of sp³-hybridized carbons (Fsp3) is 0.176. The Morgan fingerprint density at radius 2 is 1.78 bits per heavy atom. The number of carbonyl (C=O) groups is 1. The van der Waals surface area contributed by atoms with Crippen molar-refractivity contribution in [3.63, 3.8) is 0 Å². The quantitative estimate of drug-likeness (QED) is 0.189. The van der Waals surface area contributed by atoms with E-state index in [0.29, 0.717) is 17.9 Å². The van der Waals surface area contributed by atoms with Crippen LogP contribution in [0, 0.1) is 13.8 Å². The zero-order chi connectivity index (χ0) is 29.4. The van der Waals surface area contributed by atoms with Crippen molar-refractivity contribution in [3.8, 4) is 0 Å². The van der Waals surface area contributed by atoms with Gasteiger partial charge < -0.3 is 10.6 Å². The lowest BCUT2D eigenvalue weighted by Gasteiger charge is -2.17. The molecule has 7 heteroatoms. The molecule has 0 bridgehead atoms. The van der Waals surface area contributed by atoms with E-state index in [1.54, 1.807) is 10.9 Å². The number of ketones is 1. The number of aromatic nitrogens is 2. The number of hydrogen-bond donors (Lipinski definition) is 2. The van der Waals surface area contributed by atoms with Gasteiger partial charge in [-0.3, -0.25) is 4.79 Å². The van der Waals surface area contributed by atoms with Gasteiger partial charge in [0.05, 0.1) is 28.9 Å². The van der Waals surface area contributed by atoms with Gasteiger partial charge in [-0.05, 0) is 60.7 Å². The Labute approximate surface area is 246 Å². The van der Waals surface area contributed by atoms with Crippen molar-refractivity contribution in [2.24, 2.45) is 0 Å². The van der Waals surface area contributed by atoms with E-state index in [-0.39, 0.29) is 23.8 Å². The molecule has 0 saturated heterocycles. The monoisotopic (exact) mass is 566 g/mol. The van der Waals surface area contributed by atoms with Crippen LogP contribution in [0.3, 0.4) is 0 Å². The van der Waals surface area contributed by atoms with Crippen molar-refractivity contribution in [1.82, 2.24) is 15.1 Å². The van der Waals surface area contributed by atoms with Gasteiger partial charge in [-0.2, -0.15) is 8.98 Å². The van der Waals surface area contributed by atoms with Crippen LogP contribution in [0.2, 0.25) is 0 Å². The summed E-state index contributed by atoms with van der Waals surface area (Å²) >= 11 is 0.206. The van der Waals surface area contributed by atoms with Crippen LogP contribution in [0.5, 0.6) is 0 Å². The van der Waals surface area contributed by atoms with Crippen molar-refractivity contribution >= 4 is 29.4 Å². The van der Waals surface area contributed by atoms with Gasteiger partial charge in [-0.15, -0.1) is 13.2 Å². The molecule has 0 radical (unpaired) electrons. The van der Waals surface area contributed by atoms with E-state index >= 15 is 0 Å². The molecule has 1 aliphatic rings. The van der Waals surface area contributed by atoms with Crippen LogP contribution >= 0.6 is 12.1 Å². The number of halogens is 1. The second kappa shape index (κ2) is 13.8. The third-order valence-corrected chi connectivity index (χ3v) is 7.80. The summed E-state index contributed by atoms with van der Waals surface area (Å²) in [4.78, 5) is 12.9. The molecule has 3 aromatic carbocycles. The van der Waals surface area contributed by atoms with Crippen molar-refractivity contribution < 1.29 is 8.68 Å². The first-order valence-electron chi connectivity index (χ1n) is 13.4.